The number of sulfonamides is 1. The fourth-order valence-electron chi connectivity index (χ4n) is 3.68. The molecule has 0 saturated heterocycles. The molecule has 0 radical (unpaired) electrons. The summed E-state index contributed by atoms with van der Waals surface area (Å²) >= 11 is 0. The van der Waals surface area contributed by atoms with E-state index in [9.17, 15) is 18.0 Å². The van der Waals surface area contributed by atoms with Crippen molar-refractivity contribution in [2.75, 3.05) is 0 Å². The van der Waals surface area contributed by atoms with Gasteiger partial charge in [-0.1, -0.05) is 53.6 Å². The standard InChI is InChI=1S/C29H29N5O5S/c1-21-5-9-23(10-6-21)19-34(40(37,38)27-13-7-22(2)8-14-27)20-26-12-11-25(39-26)18-32-33-29(36)28(35)31-17-24-4-3-15-30-16-24/h3-16,18H,17,19-20H2,1-2H3,(H,31,35)(H,33,36)/b32-18+. The quantitative estimate of drug-likeness (QED) is 0.174. The fraction of sp³-hybridized carbons (Fsp3) is 0.172. The van der Waals surface area contributed by atoms with Crippen molar-refractivity contribution >= 4 is 28.1 Å². The Labute approximate surface area is 232 Å². The molecule has 2 heterocycles. The molecule has 0 unspecified atom stereocenters. The van der Waals surface area contributed by atoms with Gasteiger partial charge in [-0.15, -0.1) is 0 Å². The molecule has 2 N–H and O–H groups in total. The zero-order valence-electron chi connectivity index (χ0n) is 22.1. The number of rotatable bonds is 10. The number of hydrogen-bond donors (Lipinski definition) is 2. The molecule has 0 fully saturated rings. The monoisotopic (exact) mass is 559 g/mol. The number of aryl methyl sites for hydroxylation is 2. The largest absolute Gasteiger partial charge is 0.459 e. The van der Waals surface area contributed by atoms with Crippen molar-refractivity contribution in [2.24, 2.45) is 5.10 Å². The Hall–Kier alpha value is -4.61. The molecule has 2 amide bonds. The summed E-state index contributed by atoms with van der Waals surface area (Å²) in [4.78, 5) is 28.1. The van der Waals surface area contributed by atoms with Crippen LogP contribution < -0.4 is 10.7 Å². The summed E-state index contributed by atoms with van der Waals surface area (Å²) < 4.78 is 34.2. The minimum atomic E-state index is -3.84. The van der Waals surface area contributed by atoms with Crippen molar-refractivity contribution < 1.29 is 22.4 Å². The lowest BCUT2D eigenvalue weighted by Gasteiger charge is -2.21. The number of hydrazone groups is 1. The van der Waals surface area contributed by atoms with Gasteiger partial charge in [0.1, 0.15) is 11.5 Å². The van der Waals surface area contributed by atoms with E-state index in [1.165, 1.54) is 10.5 Å². The molecule has 0 aliphatic heterocycles. The maximum atomic E-state index is 13.5. The maximum absolute atomic E-state index is 13.5. The summed E-state index contributed by atoms with van der Waals surface area (Å²) in [5, 5.41) is 6.24. The van der Waals surface area contributed by atoms with Crippen LogP contribution in [0.15, 0.2) is 99.6 Å². The molecule has 0 bridgehead atoms. The van der Waals surface area contributed by atoms with Crippen LogP contribution in [0.5, 0.6) is 0 Å². The lowest BCUT2D eigenvalue weighted by molar-refractivity contribution is -0.139. The molecular formula is C29H29N5O5S. The third-order valence-corrected chi connectivity index (χ3v) is 7.70. The number of amides is 2. The second-order valence-electron chi connectivity index (χ2n) is 9.12. The van der Waals surface area contributed by atoms with Gasteiger partial charge in [0.2, 0.25) is 10.0 Å². The molecular weight excluding hydrogens is 530 g/mol. The summed E-state index contributed by atoms with van der Waals surface area (Å²) in [6.45, 7) is 4.12. The van der Waals surface area contributed by atoms with Crippen molar-refractivity contribution in [3.05, 3.63) is 119 Å². The van der Waals surface area contributed by atoms with Gasteiger partial charge in [0.05, 0.1) is 17.7 Å². The first-order valence-corrected chi connectivity index (χ1v) is 13.9. The Bertz CT molecular complexity index is 1580. The molecule has 11 heteroatoms. The Morgan fingerprint density at radius 1 is 0.900 bits per heavy atom. The van der Waals surface area contributed by atoms with E-state index in [1.807, 2.05) is 38.1 Å². The van der Waals surface area contributed by atoms with E-state index >= 15 is 0 Å². The molecule has 4 rings (SSSR count). The van der Waals surface area contributed by atoms with E-state index in [2.05, 4.69) is 20.8 Å². The van der Waals surface area contributed by atoms with Crippen molar-refractivity contribution in [1.29, 1.82) is 0 Å². The number of hydrogen-bond acceptors (Lipinski definition) is 7. The van der Waals surface area contributed by atoms with E-state index in [0.717, 1.165) is 22.3 Å². The number of aromatic nitrogens is 1. The van der Waals surface area contributed by atoms with E-state index in [0.29, 0.717) is 5.76 Å². The van der Waals surface area contributed by atoms with Crippen molar-refractivity contribution in [2.45, 2.75) is 38.4 Å². The molecule has 0 spiro atoms. The average Bonchev–Trinajstić information content (AvgIpc) is 3.40. The molecule has 0 aliphatic carbocycles. The van der Waals surface area contributed by atoms with Crippen molar-refractivity contribution in [3.8, 4) is 0 Å². The molecule has 4 aromatic rings. The Balaban J connectivity index is 1.41. The second kappa shape index (κ2) is 13.0. The molecule has 0 atom stereocenters. The average molecular weight is 560 g/mol. The van der Waals surface area contributed by atoms with E-state index in [1.54, 1.807) is 60.9 Å². The highest BCUT2D eigenvalue weighted by Crippen LogP contribution is 2.22. The van der Waals surface area contributed by atoms with Gasteiger partial charge in [0, 0.05) is 25.5 Å². The zero-order chi connectivity index (χ0) is 28.5. The van der Waals surface area contributed by atoms with Crippen LogP contribution in [-0.4, -0.2) is 35.7 Å². The van der Waals surface area contributed by atoms with Gasteiger partial charge < -0.3 is 9.73 Å². The van der Waals surface area contributed by atoms with Crippen LogP contribution in [0.4, 0.5) is 0 Å². The molecule has 2 aromatic carbocycles. The Morgan fingerprint density at radius 2 is 1.60 bits per heavy atom. The predicted octanol–water partition coefficient (Wildman–Crippen LogP) is 3.45. The first-order valence-electron chi connectivity index (χ1n) is 12.4. The number of carbonyl (C=O) groups excluding carboxylic acids is 2. The minimum Gasteiger partial charge on any atom is -0.459 e. The highest BCUT2D eigenvalue weighted by atomic mass is 32.2. The molecule has 0 aliphatic rings. The number of benzene rings is 2. The maximum Gasteiger partial charge on any atom is 0.329 e. The van der Waals surface area contributed by atoms with Crippen LogP contribution in [0.2, 0.25) is 0 Å². The number of furan rings is 1. The SMILES string of the molecule is Cc1ccc(CN(Cc2ccc(/C=N/NC(=O)C(=O)NCc3cccnc3)o2)S(=O)(=O)c2ccc(C)cc2)cc1. The van der Waals surface area contributed by atoms with E-state index < -0.39 is 21.8 Å². The smallest absolute Gasteiger partial charge is 0.329 e. The Kier molecular flexibility index (Phi) is 9.20. The second-order valence-corrected chi connectivity index (χ2v) is 11.1. The molecule has 2 aromatic heterocycles. The normalized spacial score (nSPS) is 11.6. The van der Waals surface area contributed by atoms with Gasteiger partial charge >= 0.3 is 11.8 Å². The minimum absolute atomic E-state index is 0.0268. The van der Waals surface area contributed by atoms with Crippen LogP contribution in [0.25, 0.3) is 0 Å². The summed E-state index contributed by atoms with van der Waals surface area (Å²) in [5.41, 5.74) is 5.75. The first kappa shape index (κ1) is 28.4. The third kappa shape index (κ3) is 7.71. The highest BCUT2D eigenvalue weighted by molar-refractivity contribution is 7.89. The lowest BCUT2D eigenvalue weighted by Crippen LogP contribution is -2.37. The predicted molar refractivity (Wildman–Crippen MR) is 149 cm³/mol. The molecule has 40 heavy (non-hydrogen) atoms. The van der Waals surface area contributed by atoms with Gasteiger partial charge in [-0.2, -0.15) is 9.41 Å². The summed E-state index contributed by atoms with van der Waals surface area (Å²) in [6, 6.07) is 21.1. The molecule has 206 valence electrons. The summed E-state index contributed by atoms with van der Waals surface area (Å²) in [6.07, 6.45) is 4.42. The Morgan fingerprint density at radius 3 is 2.27 bits per heavy atom. The third-order valence-electron chi connectivity index (χ3n) is 5.89. The van der Waals surface area contributed by atoms with E-state index in [-0.39, 0.29) is 30.3 Å². The summed E-state index contributed by atoms with van der Waals surface area (Å²) in [7, 11) is -3.84. The van der Waals surface area contributed by atoms with Gasteiger partial charge in [0.25, 0.3) is 0 Å². The molecule has 0 saturated carbocycles. The van der Waals surface area contributed by atoms with Gasteiger partial charge in [-0.3, -0.25) is 14.6 Å². The number of nitrogens with one attached hydrogen (secondary N) is 2. The fourth-order valence-corrected chi connectivity index (χ4v) is 5.07. The number of carbonyl (C=O) groups is 2. The zero-order valence-corrected chi connectivity index (χ0v) is 22.9. The van der Waals surface area contributed by atoms with Gasteiger partial charge in [-0.05, 0) is 55.3 Å². The van der Waals surface area contributed by atoms with Crippen LogP contribution in [-0.2, 0) is 39.2 Å². The van der Waals surface area contributed by atoms with Crippen LogP contribution in [0, 0.1) is 13.8 Å². The van der Waals surface area contributed by atoms with Crippen LogP contribution in [0.1, 0.15) is 33.8 Å². The number of nitrogens with zero attached hydrogens (tertiary/aromatic N) is 3. The van der Waals surface area contributed by atoms with Crippen LogP contribution >= 0.6 is 0 Å². The first-order chi connectivity index (χ1) is 19.2. The van der Waals surface area contributed by atoms with Gasteiger partial charge in [-0.25, -0.2) is 13.8 Å². The highest BCUT2D eigenvalue weighted by Gasteiger charge is 2.26. The lowest BCUT2D eigenvalue weighted by atomic mass is 10.1. The van der Waals surface area contributed by atoms with E-state index in [4.69, 9.17) is 4.42 Å². The van der Waals surface area contributed by atoms with Crippen molar-refractivity contribution in [1.82, 2.24) is 20.0 Å². The van der Waals surface area contributed by atoms with Crippen molar-refractivity contribution in [3.63, 3.8) is 0 Å². The molecule has 10 nitrogen and oxygen atoms in total. The van der Waals surface area contributed by atoms with Crippen LogP contribution in [0.3, 0.4) is 0 Å². The topological polar surface area (TPSA) is 134 Å². The van der Waals surface area contributed by atoms with Gasteiger partial charge in [0.15, 0.2) is 0 Å². The summed E-state index contributed by atoms with van der Waals surface area (Å²) in [5.74, 6) is -1.14. The number of pyridine rings is 1.